The van der Waals surface area contributed by atoms with E-state index in [-0.39, 0.29) is 24.4 Å². The summed E-state index contributed by atoms with van der Waals surface area (Å²) in [4.78, 5) is 40.2. The number of hydrogen-bond acceptors (Lipinski definition) is 6. The predicted molar refractivity (Wildman–Crippen MR) is 155 cm³/mol. The number of aromatic nitrogens is 2. The van der Waals surface area contributed by atoms with Gasteiger partial charge in [-0.05, 0) is 63.1 Å². The van der Waals surface area contributed by atoms with Gasteiger partial charge in [0.2, 0.25) is 12.0 Å². The van der Waals surface area contributed by atoms with Crippen molar-refractivity contribution < 1.29 is 19.1 Å². The van der Waals surface area contributed by atoms with Crippen LogP contribution in [0, 0.1) is 27.7 Å². The normalized spacial score (nSPS) is 19.7. The summed E-state index contributed by atoms with van der Waals surface area (Å²) >= 11 is 0. The van der Waals surface area contributed by atoms with Gasteiger partial charge in [-0.3, -0.25) is 9.59 Å². The Morgan fingerprint density at radius 1 is 0.878 bits per heavy atom. The number of fused-ring (bicyclic) bond motifs is 3. The Balaban J connectivity index is 1.54. The van der Waals surface area contributed by atoms with Crippen LogP contribution in [0.2, 0.25) is 0 Å². The fourth-order valence-electron chi connectivity index (χ4n) is 6.18. The van der Waals surface area contributed by atoms with Crippen LogP contribution < -0.4 is 14.4 Å². The quantitative estimate of drug-likeness (QED) is 0.322. The molecule has 3 heterocycles. The van der Waals surface area contributed by atoms with E-state index in [0.717, 1.165) is 50.6 Å². The number of para-hydroxylation sites is 1. The highest BCUT2D eigenvalue weighted by molar-refractivity contribution is 6.04. The van der Waals surface area contributed by atoms with Crippen molar-refractivity contribution in [2.75, 3.05) is 18.6 Å². The van der Waals surface area contributed by atoms with E-state index < -0.39 is 11.6 Å². The van der Waals surface area contributed by atoms with Crippen LogP contribution in [0.1, 0.15) is 39.2 Å². The molecule has 0 unspecified atom stereocenters. The molecule has 0 N–H and O–H groups in total. The third-order valence-electron chi connectivity index (χ3n) is 7.84. The van der Waals surface area contributed by atoms with Crippen LogP contribution in [0.15, 0.2) is 72.8 Å². The molecule has 4 aromatic rings. The minimum absolute atomic E-state index is 0.0930. The number of methoxy groups -OCH3 is 1. The summed E-state index contributed by atoms with van der Waals surface area (Å²) in [7, 11) is 1.62. The molecule has 2 amide bonds. The lowest BCUT2D eigenvalue weighted by Gasteiger charge is -2.56. The number of aryl methyl sites for hydroxylation is 4. The van der Waals surface area contributed by atoms with Crippen molar-refractivity contribution in [2.45, 2.75) is 45.9 Å². The Morgan fingerprint density at radius 2 is 1.54 bits per heavy atom. The maximum atomic E-state index is 13.9. The highest BCUT2D eigenvalue weighted by Crippen LogP contribution is 2.53. The summed E-state index contributed by atoms with van der Waals surface area (Å²) in [6.07, 6.45) is -0.959. The van der Waals surface area contributed by atoms with E-state index in [0.29, 0.717) is 6.54 Å². The Labute approximate surface area is 239 Å². The first kappa shape index (κ1) is 26.5. The molecule has 2 aliphatic heterocycles. The number of amides is 2. The average molecular weight is 549 g/mol. The molecule has 1 saturated heterocycles. The van der Waals surface area contributed by atoms with Crippen LogP contribution in [0.3, 0.4) is 0 Å². The summed E-state index contributed by atoms with van der Waals surface area (Å²) in [6, 6.07) is 23.7. The summed E-state index contributed by atoms with van der Waals surface area (Å²) in [5.74, 6) is 0.295. The van der Waals surface area contributed by atoms with Gasteiger partial charge in [0.15, 0.2) is 0 Å². The fraction of sp³-hybridized carbons (Fsp3) is 0.273. The van der Waals surface area contributed by atoms with E-state index in [2.05, 4.69) is 28.2 Å². The van der Waals surface area contributed by atoms with Gasteiger partial charge < -0.3 is 19.3 Å². The topological polar surface area (TPSA) is 84.9 Å². The van der Waals surface area contributed by atoms with Crippen molar-refractivity contribution in [2.24, 2.45) is 0 Å². The highest BCUT2D eigenvalue weighted by atomic mass is 16.5. The Bertz CT molecular complexity index is 1630. The van der Waals surface area contributed by atoms with Crippen molar-refractivity contribution >= 4 is 17.5 Å². The molecule has 0 spiro atoms. The minimum atomic E-state index is -1.06. The van der Waals surface area contributed by atoms with Crippen LogP contribution in [-0.4, -0.2) is 46.4 Å². The maximum absolute atomic E-state index is 13.9. The lowest BCUT2D eigenvalue weighted by Crippen LogP contribution is -2.74. The van der Waals surface area contributed by atoms with Crippen molar-refractivity contribution in [3.63, 3.8) is 0 Å². The molecule has 2 aliphatic rings. The van der Waals surface area contributed by atoms with Gasteiger partial charge in [0.05, 0.1) is 19.3 Å². The van der Waals surface area contributed by atoms with E-state index >= 15 is 0 Å². The van der Waals surface area contributed by atoms with Crippen molar-refractivity contribution in [1.29, 1.82) is 0 Å². The standard InChI is InChI=1S/C33H32N4O4/c1-20-14-21(2)16-25(15-20)33-27-8-6-7-9-28(27)36(18-24-10-12-26(40-5)13-11-24)29(38)19-37(33)31(39)30(33)41-32-34-22(3)17-23(4)35-32/h6-17,30H,18-19H2,1-5H3/t30-,33+/m1/s1. The highest BCUT2D eigenvalue weighted by Gasteiger charge is 2.67. The van der Waals surface area contributed by atoms with E-state index in [4.69, 9.17) is 9.47 Å². The molecule has 208 valence electrons. The van der Waals surface area contributed by atoms with Gasteiger partial charge in [-0.2, -0.15) is 0 Å². The third-order valence-corrected chi connectivity index (χ3v) is 7.84. The number of hydrogen-bond donors (Lipinski definition) is 0. The van der Waals surface area contributed by atoms with E-state index in [9.17, 15) is 9.59 Å². The van der Waals surface area contributed by atoms with Gasteiger partial charge in [-0.15, -0.1) is 0 Å². The summed E-state index contributed by atoms with van der Waals surface area (Å²) < 4.78 is 11.7. The van der Waals surface area contributed by atoms with Crippen molar-refractivity contribution in [3.05, 3.63) is 112 Å². The van der Waals surface area contributed by atoms with Crippen LogP contribution >= 0.6 is 0 Å². The first-order valence-corrected chi connectivity index (χ1v) is 13.6. The van der Waals surface area contributed by atoms with Crippen LogP contribution in [-0.2, 0) is 21.7 Å². The lowest BCUT2D eigenvalue weighted by atomic mass is 9.69. The molecule has 3 aromatic carbocycles. The second kappa shape index (κ2) is 10.0. The third kappa shape index (κ3) is 4.40. The van der Waals surface area contributed by atoms with E-state index in [1.165, 1.54) is 0 Å². The second-order valence-corrected chi connectivity index (χ2v) is 10.8. The maximum Gasteiger partial charge on any atom is 0.317 e. The Morgan fingerprint density at radius 3 is 2.20 bits per heavy atom. The first-order chi connectivity index (χ1) is 19.7. The molecule has 8 heteroatoms. The average Bonchev–Trinajstić information content (AvgIpc) is 3.03. The summed E-state index contributed by atoms with van der Waals surface area (Å²) in [6.45, 7) is 8.05. The van der Waals surface area contributed by atoms with Gasteiger partial charge in [-0.25, -0.2) is 9.97 Å². The summed E-state index contributed by atoms with van der Waals surface area (Å²) in [5.41, 5.74) is 5.93. The predicted octanol–water partition coefficient (Wildman–Crippen LogP) is 4.80. The number of nitrogens with zero attached hydrogens (tertiary/aromatic N) is 4. The zero-order valence-corrected chi connectivity index (χ0v) is 23.8. The van der Waals surface area contributed by atoms with Crippen LogP contribution in [0.25, 0.3) is 0 Å². The number of anilines is 1. The smallest absolute Gasteiger partial charge is 0.317 e. The van der Waals surface area contributed by atoms with Gasteiger partial charge in [-0.1, -0.05) is 59.7 Å². The molecule has 6 rings (SSSR count). The zero-order valence-electron chi connectivity index (χ0n) is 23.8. The number of β-lactam (4-membered cyclic amide) rings is 1. The van der Waals surface area contributed by atoms with Gasteiger partial charge in [0.1, 0.15) is 17.8 Å². The molecule has 41 heavy (non-hydrogen) atoms. The number of rotatable bonds is 6. The van der Waals surface area contributed by atoms with Crippen LogP contribution in [0.4, 0.5) is 5.69 Å². The van der Waals surface area contributed by atoms with Gasteiger partial charge >= 0.3 is 6.01 Å². The van der Waals surface area contributed by atoms with Gasteiger partial charge in [0.25, 0.3) is 5.91 Å². The monoisotopic (exact) mass is 548 g/mol. The van der Waals surface area contributed by atoms with E-state index in [1.54, 1.807) is 16.9 Å². The van der Waals surface area contributed by atoms with E-state index in [1.807, 2.05) is 82.3 Å². The minimum Gasteiger partial charge on any atom is -0.497 e. The second-order valence-electron chi connectivity index (χ2n) is 10.8. The Kier molecular flexibility index (Phi) is 6.49. The van der Waals surface area contributed by atoms with Gasteiger partial charge in [0, 0.05) is 17.0 Å². The molecule has 1 aromatic heterocycles. The molecular weight excluding hydrogens is 516 g/mol. The molecule has 0 radical (unpaired) electrons. The molecule has 0 aliphatic carbocycles. The first-order valence-electron chi connectivity index (χ1n) is 13.6. The molecule has 0 saturated carbocycles. The van der Waals surface area contributed by atoms with Crippen molar-refractivity contribution in [1.82, 2.24) is 14.9 Å². The molecule has 0 bridgehead atoms. The molecule has 1 fully saturated rings. The molecule has 8 nitrogen and oxygen atoms in total. The lowest BCUT2D eigenvalue weighted by molar-refractivity contribution is -0.178. The number of ether oxygens (including phenoxy) is 2. The van der Waals surface area contributed by atoms with Crippen LogP contribution in [0.5, 0.6) is 11.8 Å². The number of benzene rings is 3. The fourth-order valence-corrected chi connectivity index (χ4v) is 6.18. The number of carbonyl (C=O) groups is 2. The zero-order chi connectivity index (χ0) is 28.9. The summed E-state index contributed by atoms with van der Waals surface area (Å²) in [5, 5.41) is 0. The molecule has 2 atom stereocenters. The Hall–Kier alpha value is -4.72. The molecular formula is C33H32N4O4. The number of carbonyl (C=O) groups excluding carboxylic acids is 2. The SMILES string of the molecule is COc1ccc(CN2C(=O)CN3C(=O)[C@@H](Oc4nc(C)cc(C)n4)[C@]3(c3cc(C)cc(C)c3)c3ccccc32)cc1. The largest absolute Gasteiger partial charge is 0.497 e. The van der Waals surface area contributed by atoms with Crippen molar-refractivity contribution in [3.8, 4) is 11.8 Å².